The fourth-order valence-electron chi connectivity index (χ4n) is 2.61. The van der Waals surface area contributed by atoms with Gasteiger partial charge in [0, 0.05) is 30.7 Å². The average Bonchev–Trinajstić information content (AvgIpc) is 2.48. The van der Waals surface area contributed by atoms with E-state index in [0.29, 0.717) is 6.42 Å². The number of rotatable bonds is 6. The first-order chi connectivity index (χ1) is 10.6. The van der Waals surface area contributed by atoms with E-state index in [9.17, 15) is 0 Å². The van der Waals surface area contributed by atoms with E-state index in [1.165, 1.54) is 0 Å². The van der Waals surface area contributed by atoms with Crippen molar-refractivity contribution in [1.82, 2.24) is 4.98 Å². The van der Waals surface area contributed by atoms with Crippen LogP contribution in [0, 0.1) is 18.3 Å². The maximum atomic E-state index is 9.10. The second kappa shape index (κ2) is 7.13. The van der Waals surface area contributed by atoms with Crippen molar-refractivity contribution in [3.05, 3.63) is 29.5 Å². The monoisotopic (exact) mass is 297 g/mol. The van der Waals surface area contributed by atoms with Crippen LogP contribution in [0.3, 0.4) is 0 Å². The molecule has 0 N–H and O–H groups in total. The summed E-state index contributed by atoms with van der Waals surface area (Å²) in [5.74, 6) is 0.859. The maximum absolute atomic E-state index is 9.10. The van der Waals surface area contributed by atoms with Gasteiger partial charge in [0.05, 0.1) is 30.3 Å². The quantitative estimate of drug-likeness (QED) is 0.760. The van der Waals surface area contributed by atoms with Crippen LogP contribution < -0.4 is 9.64 Å². The van der Waals surface area contributed by atoms with Crippen molar-refractivity contribution >= 4 is 16.6 Å². The van der Waals surface area contributed by atoms with Crippen molar-refractivity contribution in [1.29, 1.82) is 5.26 Å². The number of hydrogen-bond acceptors (Lipinski definition) is 4. The van der Waals surface area contributed by atoms with Crippen LogP contribution in [0.2, 0.25) is 0 Å². The molecule has 0 radical (unpaired) electrons. The molecule has 4 heteroatoms. The number of anilines is 1. The molecule has 0 fully saturated rings. The van der Waals surface area contributed by atoms with E-state index in [1.54, 1.807) is 0 Å². The SMILES string of the molecule is CCCCOc1ccc2nc(C)c(CC#N)c(N(C)C)c2c1. The van der Waals surface area contributed by atoms with Crippen LogP contribution in [-0.2, 0) is 6.42 Å². The minimum Gasteiger partial charge on any atom is -0.494 e. The predicted octanol–water partition coefficient (Wildman–Crippen LogP) is 3.85. The summed E-state index contributed by atoms with van der Waals surface area (Å²) in [4.78, 5) is 6.70. The Morgan fingerprint density at radius 2 is 2.09 bits per heavy atom. The fraction of sp³-hybridized carbons (Fsp3) is 0.444. The molecule has 0 unspecified atom stereocenters. The lowest BCUT2D eigenvalue weighted by atomic mass is 10.0. The Morgan fingerprint density at radius 3 is 2.73 bits per heavy atom. The largest absolute Gasteiger partial charge is 0.494 e. The standard InChI is InChI=1S/C18H23N3O/c1-5-6-11-22-14-7-8-17-16(12-14)18(21(3)4)15(9-10-19)13(2)20-17/h7-8,12H,5-6,9,11H2,1-4H3. The number of unbranched alkanes of at least 4 members (excludes halogenated alkanes) is 1. The Hall–Kier alpha value is -2.28. The van der Waals surface area contributed by atoms with E-state index < -0.39 is 0 Å². The zero-order valence-corrected chi connectivity index (χ0v) is 13.8. The van der Waals surface area contributed by atoms with Gasteiger partial charge in [-0.25, -0.2) is 0 Å². The number of fused-ring (bicyclic) bond motifs is 1. The molecule has 0 aliphatic rings. The normalized spacial score (nSPS) is 10.5. The number of hydrogen-bond donors (Lipinski definition) is 0. The summed E-state index contributed by atoms with van der Waals surface area (Å²) in [7, 11) is 4.00. The number of aryl methyl sites for hydroxylation is 1. The number of ether oxygens (including phenoxy) is 1. The van der Waals surface area contributed by atoms with Crippen LogP contribution in [0.25, 0.3) is 10.9 Å². The van der Waals surface area contributed by atoms with Gasteiger partial charge in [-0.3, -0.25) is 4.98 Å². The Labute approximate surface area is 132 Å². The third-order valence-electron chi connectivity index (χ3n) is 3.70. The predicted molar refractivity (Wildman–Crippen MR) is 90.5 cm³/mol. The highest BCUT2D eigenvalue weighted by Crippen LogP contribution is 2.33. The van der Waals surface area contributed by atoms with Gasteiger partial charge in [-0.15, -0.1) is 0 Å². The van der Waals surface area contributed by atoms with Crippen LogP contribution in [0.5, 0.6) is 5.75 Å². The summed E-state index contributed by atoms with van der Waals surface area (Å²) < 4.78 is 5.81. The van der Waals surface area contributed by atoms with Crippen molar-refractivity contribution in [2.45, 2.75) is 33.1 Å². The van der Waals surface area contributed by atoms with Gasteiger partial charge < -0.3 is 9.64 Å². The van der Waals surface area contributed by atoms with Crippen molar-refractivity contribution in [3.8, 4) is 11.8 Å². The molecule has 1 aromatic carbocycles. The second-order valence-corrected chi connectivity index (χ2v) is 5.63. The summed E-state index contributed by atoms with van der Waals surface area (Å²) in [6.07, 6.45) is 2.53. The summed E-state index contributed by atoms with van der Waals surface area (Å²) in [5.41, 5.74) is 3.90. The topological polar surface area (TPSA) is 49.1 Å². The van der Waals surface area contributed by atoms with Gasteiger partial charge in [0.2, 0.25) is 0 Å². The zero-order valence-electron chi connectivity index (χ0n) is 13.8. The van der Waals surface area contributed by atoms with E-state index in [1.807, 2.05) is 39.2 Å². The first-order valence-corrected chi connectivity index (χ1v) is 7.68. The minimum atomic E-state index is 0.364. The van der Waals surface area contributed by atoms with Gasteiger partial charge in [0.1, 0.15) is 5.75 Å². The highest BCUT2D eigenvalue weighted by Gasteiger charge is 2.15. The first-order valence-electron chi connectivity index (χ1n) is 7.68. The molecule has 22 heavy (non-hydrogen) atoms. The molecule has 1 aromatic heterocycles. The van der Waals surface area contributed by atoms with E-state index >= 15 is 0 Å². The maximum Gasteiger partial charge on any atom is 0.120 e. The van der Waals surface area contributed by atoms with Crippen LogP contribution in [0.1, 0.15) is 31.0 Å². The summed E-state index contributed by atoms with van der Waals surface area (Å²) in [6, 6.07) is 8.24. The fourth-order valence-corrected chi connectivity index (χ4v) is 2.61. The molecule has 116 valence electrons. The Balaban J connectivity index is 2.55. The number of nitrogens with zero attached hydrogens (tertiary/aromatic N) is 3. The number of pyridine rings is 1. The van der Waals surface area contributed by atoms with Gasteiger partial charge in [0.15, 0.2) is 0 Å². The molecular weight excluding hydrogens is 274 g/mol. The Morgan fingerprint density at radius 1 is 1.32 bits per heavy atom. The molecule has 2 rings (SSSR count). The number of nitriles is 1. The van der Waals surface area contributed by atoms with Gasteiger partial charge in [0.25, 0.3) is 0 Å². The smallest absolute Gasteiger partial charge is 0.120 e. The van der Waals surface area contributed by atoms with Gasteiger partial charge in [-0.05, 0) is 31.5 Å². The molecule has 0 saturated heterocycles. The average molecular weight is 297 g/mol. The molecular formula is C18H23N3O. The molecule has 0 amide bonds. The molecule has 2 aromatic rings. The Kier molecular flexibility index (Phi) is 5.21. The molecule has 0 saturated carbocycles. The van der Waals surface area contributed by atoms with Crippen molar-refractivity contribution in [3.63, 3.8) is 0 Å². The molecule has 0 aliphatic heterocycles. The molecule has 1 heterocycles. The zero-order chi connectivity index (χ0) is 16.1. The molecule has 0 bridgehead atoms. The van der Waals surface area contributed by atoms with Crippen LogP contribution in [0.15, 0.2) is 18.2 Å². The van der Waals surface area contributed by atoms with E-state index in [2.05, 4.69) is 22.9 Å². The van der Waals surface area contributed by atoms with Gasteiger partial charge in [-0.2, -0.15) is 5.26 Å². The Bertz CT molecular complexity index is 702. The number of benzene rings is 1. The molecule has 0 aliphatic carbocycles. The molecule has 0 atom stereocenters. The molecule has 0 spiro atoms. The number of aromatic nitrogens is 1. The summed E-state index contributed by atoms with van der Waals surface area (Å²) in [6.45, 7) is 4.84. The second-order valence-electron chi connectivity index (χ2n) is 5.63. The van der Waals surface area contributed by atoms with Crippen LogP contribution in [-0.4, -0.2) is 25.7 Å². The molecule has 4 nitrogen and oxygen atoms in total. The van der Waals surface area contributed by atoms with E-state index in [-0.39, 0.29) is 0 Å². The van der Waals surface area contributed by atoms with E-state index in [4.69, 9.17) is 10.00 Å². The van der Waals surface area contributed by atoms with E-state index in [0.717, 1.165) is 53.0 Å². The highest BCUT2D eigenvalue weighted by molar-refractivity contribution is 5.94. The lowest BCUT2D eigenvalue weighted by molar-refractivity contribution is 0.310. The van der Waals surface area contributed by atoms with Crippen LogP contribution in [0.4, 0.5) is 5.69 Å². The summed E-state index contributed by atoms with van der Waals surface area (Å²) >= 11 is 0. The minimum absolute atomic E-state index is 0.364. The lowest BCUT2D eigenvalue weighted by Gasteiger charge is -2.21. The first kappa shape index (κ1) is 16.1. The van der Waals surface area contributed by atoms with Crippen molar-refractivity contribution < 1.29 is 4.74 Å². The van der Waals surface area contributed by atoms with Gasteiger partial charge >= 0.3 is 0 Å². The summed E-state index contributed by atoms with van der Waals surface area (Å²) in [5, 5.41) is 10.1. The third-order valence-corrected chi connectivity index (χ3v) is 3.70. The van der Waals surface area contributed by atoms with Crippen molar-refractivity contribution in [2.75, 3.05) is 25.6 Å². The third kappa shape index (κ3) is 3.30. The lowest BCUT2D eigenvalue weighted by Crippen LogP contribution is -2.14. The van der Waals surface area contributed by atoms with Crippen LogP contribution >= 0.6 is 0 Å². The highest BCUT2D eigenvalue weighted by atomic mass is 16.5. The van der Waals surface area contributed by atoms with Crippen molar-refractivity contribution in [2.24, 2.45) is 0 Å². The van der Waals surface area contributed by atoms with Gasteiger partial charge in [-0.1, -0.05) is 13.3 Å².